The Hall–Kier alpha value is -4.96. The molecule has 6 aromatic rings. The first-order chi connectivity index (χ1) is 36.1. The highest BCUT2D eigenvalue weighted by molar-refractivity contribution is 7.00. The fourth-order valence-corrected chi connectivity index (χ4v) is 16.8. The molecule has 0 bridgehead atoms. The quantitative estimate of drug-likeness (QED) is 0.164. The van der Waals surface area contributed by atoms with Crippen molar-refractivity contribution >= 4 is 57.4 Å². The van der Waals surface area contributed by atoms with Crippen LogP contribution >= 0.6 is 0 Å². The molecular formula is C74H93BN2O. The van der Waals surface area contributed by atoms with Gasteiger partial charge < -0.3 is 9.32 Å². The van der Waals surface area contributed by atoms with Gasteiger partial charge in [0.15, 0.2) is 5.88 Å². The van der Waals surface area contributed by atoms with Crippen molar-refractivity contribution in [3.8, 4) is 11.1 Å². The zero-order valence-corrected chi connectivity index (χ0v) is 52.0. The first-order valence-electron chi connectivity index (χ1n) is 30.7. The summed E-state index contributed by atoms with van der Waals surface area (Å²) in [5.41, 5.74) is 26.9. The van der Waals surface area contributed by atoms with E-state index in [0.717, 1.165) is 25.1 Å². The van der Waals surface area contributed by atoms with Gasteiger partial charge in [-0.05, 0) is 233 Å². The minimum atomic E-state index is -0.130. The van der Waals surface area contributed by atoms with Crippen LogP contribution in [0.5, 0.6) is 0 Å². The lowest BCUT2D eigenvalue weighted by molar-refractivity contribution is 0.280. The summed E-state index contributed by atoms with van der Waals surface area (Å²) in [5, 5.41) is 0. The molecule has 4 heteroatoms. The monoisotopic (exact) mass is 1040 g/mol. The number of furan rings is 1. The van der Waals surface area contributed by atoms with Crippen LogP contribution in [0.2, 0.25) is 0 Å². The van der Waals surface area contributed by atoms with Gasteiger partial charge >= 0.3 is 0 Å². The Morgan fingerprint density at radius 2 is 0.692 bits per heavy atom. The molecule has 5 aliphatic carbocycles. The van der Waals surface area contributed by atoms with Gasteiger partial charge in [-0.25, -0.2) is 0 Å². The normalized spacial score (nSPS) is 23.8. The van der Waals surface area contributed by atoms with Gasteiger partial charge in [-0.15, -0.1) is 0 Å². The molecule has 78 heavy (non-hydrogen) atoms. The summed E-state index contributed by atoms with van der Waals surface area (Å²) in [6, 6.07) is 33.5. The molecule has 3 heterocycles. The molecule has 0 atom stereocenters. The van der Waals surface area contributed by atoms with Gasteiger partial charge in [-0.2, -0.15) is 0 Å². The van der Waals surface area contributed by atoms with Crippen molar-refractivity contribution in [2.45, 2.75) is 257 Å². The summed E-state index contributed by atoms with van der Waals surface area (Å²) in [5.74, 6) is 2.21. The number of anilines is 6. The highest BCUT2D eigenvalue weighted by atomic mass is 16.4. The molecule has 7 aliphatic rings. The van der Waals surface area contributed by atoms with E-state index in [2.05, 4.69) is 227 Å². The summed E-state index contributed by atoms with van der Waals surface area (Å²) in [7, 11) is 0. The van der Waals surface area contributed by atoms with E-state index in [1.54, 1.807) is 0 Å². The van der Waals surface area contributed by atoms with E-state index in [1.165, 1.54) is 157 Å². The predicted molar refractivity (Wildman–Crippen MR) is 335 cm³/mol. The molecule has 0 unspecified atom stereocenters. The second kappa shape index (κ2) is 15.9. The standard InChI is InChI=1S/C74H93BN2O/c1-65(2)27-30-68(7,8)51-37-44(21-24-48(51)65)45-38-58-61-59(39-45)77(47-23-26-50-53(41-47)70(11,12)32-29-67(50,5)6)64-62(60-63(78-64)74(19,20)36-35-73(60,17)18)75(61)56-42-54-55(72(15,16)34-33-71(54,13)14)43-57(56)76(58)46-22-25-49-52(40-46)69(9,10)31-28-66(49,3)4/h21-26,37-43H,27-36H2,1-20H3. The van der Waals surface area contributed by atoms with Crippen LogP contribution in [-0.2, 0) is 54.1 Å². The molecule has 13 rings (SSSR count). The van der Waals surface area contributed by atoms with E-state index >= 15 is 0 Å². The van der Waals surface area contributed by atoms with Crippen molar-refractivity contribution < 1.29 is 4.42 Å². The maximum atomic E-state index is 7.94. The van der Waals surface area contributed by atoms with Crippen LogP contribution in [0.25, 0.3) is 11.1 Å². The summed E-state index contributed by atoms with van der Waals surface area (Å²) >= 11 is 0. The summed E-state index contributed by atoms with van der Waals surface area (Å²) in [6.45, 7) is 49.7. The van der Waals surface area contributed by atoms with Crippen LogP contribution in [0.4, 0.5) is 34.3 Å². The smallest absolute Gasteiger partial charge is 0.256 e. The van der Waals surface area contributed by atoms with Gasteiger partial charge in [0.1, 0.15) is 5.76 Å². The molecular weight excluding hydrogens is 944 g/mol. The Labute approximate surface area is 471 Å². The van der Waals surface area contributed by atoms with Crippen LogP contribution in [0.3, 0.4) is 0 Å². The largest absolute Gasteiger partial charge is 0.444 e. The first-order valence-corrected chi connectivity index (χ1v) is 30.7. The van der Waals surface area contributed by atoms with Crippen molar-refractivity contribution in [1.82, 2.24) is 0 Å². The molecule has 0 amide bonds. The fourth-order valence-electron chi connectivity index (χ4n) is 16.8. The van der Waals surface area contributed by atoms with E-state index in [-0.39, 0.29) is 60.9 Å². The average molecular weight is 1040 g/mol. The van der Waals surface area contributed by atoms with E-state index in [0.29, 0.717) is 0 Å². The molecule has 0 fully saturated rings. The zero-order valence-electron chi connectivity index (χ0n) is 52.0. The molecule has 0 spiro atoms. The van der Waals surface area contributed by atoms with Gasteiger partial charge in [0.2, 0.25) is 0 Å². The summed E-state index contributed by atoms with van der Waals surface area (Å²) in [6.07, 6.45) is 11.6. The lowest BCUT2D eigenvalue weighted by atomic mass is 9.32. The first kappa shape index (κ1) is 52.4. The Bertz CT molecular complexity index is 3560. The van der Waals surface area contributed by atoms with Gasteiger partial charge in [-0.3, -0.25) is 4.90 Å². The van der Waals surface area contributed by atoms with Crippen molar-refractivity contribution in [3.05, 3.63) is 135 Å². The van der Waals surface area contributed by atoms with Crippen molar-refractivity contribution in [2.75, 3.05) is 9.80 Å². The second-order valence-electron chi connectivity index (χ2n) is 33.1. The molecule has 0 saturated carbocycles. The minimum absolute atomic E-state index is 0.0224. The van der Waals surface area contributed by atoms with Crippen LogP contribution in [-0.4, -0.2) is 6.71 Å². The number of rotatable bonds is 3. The lowest BCUT2D eigenvalue weighted by Crippen LogP contribution is -2.63. The van der Waals surface area contributed by atoms with Crippen LogP contribution in [0.15, 0.2) is 83.3 Å². The molecule has 2 aliphatic heterocycles. The van der Waals surface area contributed by atoms with E-state index in [4.69, 9.17) is 4.42 Å². The molecule has 3 nitrogen and oxygen atoms in total. The van der Waals surface area contributed by atoms with Crippen LogP contribution in [0, 0.1) is 0 Å². The van der Waals surface area contributed by atoms with E-state index in [9.17, 15) is 0 Å². The Morgan fingerprint density at radius 1 is 0.321 bits per heavy atom. The maximum Gasteiger partial charge on any atom is 0.256 e. The SMILES string of the molecule is CC1(C)CCC(C)(C)c2cc(-c3cc4c5c(c3)N(c3ccc6c(c3)C(C)(C)CCC6(C)C)c3oc6c(c3B5c3cc5c(cc3N4c3ccc4c(c3)C(C)(C)CCC4(C)C)C(C)(C)CCC5(C)C)C(C)(C)CCC6(C)C)ccc21. The van der Waals surface area contributed by atoms with Gasteiger partial charge in [0.05, 0.1) is 0 Å². The third-order valence-corrected chi connectivity index (χ3v) is 22.9. The van der Waals surface area contributed by atoms with Gasteiger partial charge in [-0.1, -0.05) is 175 Å². The zero-order chi connectivity index (χ0) is 55.8. The van der Waals surface area contributed by atoms with E-state index in [1.807, 2.05) is 0 Å². The second-order valence-corrected chi connectivity index (χ2v) is 33.1. The van der Waals surface area contributed by atoms with Gasteiger partial charge in [0.25, 0.3) is 6.71 Å². The predicted octanol–water partition coefficient (Wildman–Crippen LogP) is 18.8. The Kier molecular flexibility index (Phi) is 10.7. The number of hydrogen-bond acceptors (Lipinski definition) is 3. The maximum absolute atomic E-state index is 7.94. The van der Waals surface area contributed by atoms with Crippen molar-refractivity contribution in [2.24, 2.45) is 0 Å². The molecule has 1 aromatic heterocycles. The minimum Gasteiger partial charge on any atom is -0.444 e. The average Bonchev–Trinajstić information content (AvgIpc) is 2.56. The van der Waals surface area contributed by atoms with Gasteiger partial charge in [0, 0.05) is 33.9 Å². The third-order valence-electron chi connectivity index (χ3n) is 22.9. The number of nitrogens with zero attached hydrogens (tertiary/aromatic N) is 2. The van der Waals surface area contributed by atoms with Crippen LogP contribution < -0.4 is 26.2 Å². The molecule has 0 radical (unpaired) electrons. The molecule has 5 aromatic carbocycles. The third kappa shape index (κ3) is 7.40. The summed E-state index contributed by atoms with van der Waals surface area (Å²) < 4.78 is 7.94. The highest BCUT2D eigenvalue weighted by Gasteiger charge is 2.54. The fraction of sp³-hybridized carbons (Fsp3) is 0.541. The highest BCUT2D eigenvalue weighted by Crippen LogP contribution is 2.58. The summed E-state index contributed by atoms with van der Waals surface area (Å²) in [4.78, 5) is 5.42. The van der Waals surface area contributed by atoms with E-state index < -0.39 is 0 Å². The van der Waals surface area contributed by atoms with Crippen LogP contribution in [0.1, 0.15) is 259 Å². The number of benzene rings is 5. The molecule has 0 saturated heterocycles. The number of fused-ring (bicyclic) bond motifs is 10. The topological polar surface area (TPSA) is 19.6 Å². The number of hydrogen-bond donors (Lipinski definition) is 0. The Morgan fingerprint density at radius 3 is 1.18 bits per heavy atom. The Balaban J connectivity index is 1.20. The lowest BCUT2D eigenvalue weighted by Gasteiger charge is -2.48. The van der Waals surface area contributed by atoms with Crippen molar-refractivity contribution in [3.63, 3.8) is 0 Å². The molecule has 408 valence electrons. The molecule has 0 N–H and O–H groups in total. The van der Waals surface area contributed by atoms with Crippen molar-refractivity contribution in [1.29, 1.82) is 0 Å².